The molecule has 0 radical (unpaired) electrons. The summed E-state index contributed by atoms with van der Waals surface area (Å²) in [6.07, 6.45) is -4.25. The van der Waals surface area contributed by atoms with Crippen molar-refractivity contribution in [3.63, 3.8) is 0 Å². The van der Waals surface area contributed by atoms with Gasteiger partial charge in [0.1, 0.15) is 6.04 Å². The van der Waals surface area contributed by atoms with Crippen molar-refractivity contribution in [2.24, 2.45) is 0 Å². The average molecular weight is 373 g/mol. The first-order chi connectivity index (χ1) is 11.8. The molecular weight excluding hydrogens is 355 g/mol. The largest absolute Gasteiger partial charge is 0.418 e. The molecule has 0 aliphatic rings. The van der Waals surface area contributed by atoms with Crippen LogP contribution in [0.15, 0.2) is 29.4 Å². The summed E-state index contributed by atoms with van der Waals surface area (Å²) in [5.74, 6) is 0.123. The molecule has 0 spiro atoms. The minimum atomic E-state index is -4.57. The number of thioether (sulfide) groups is 1. The fourth-order valence-corrected chi connectivity index (χ4v) is 3.07. The van der Waals surface area contributed by atoms with Gasteiger partial charge in [0.25, 0.3) is 0 Å². The van der Waals surface area contributed by atoms with Gasteiger partial charge in [-0.1, -0.05) is 37.7 Å². The van der Waals surface area contributed by atoms with Gasteiger partial charge in [-0.2, -0.15) is 13.2 Å². The fourth-order valence-electron chi connectivity index (χ4n) is 2.35. The third kappa shape index (κ3) is 4.25. The zero-order valence-corrected chi connectivity index (χ0v) is 14.5. The number of benzene rings is 1. The van der Waals surface area contributed by atoms with Crippen LogP contribution in [0.25, 0.3) is 0 Å². The number of nitrogens with one attached hydrogen (secondary N) is 1. The van der Waals surface area contributed by atoms with Gasteiger partial charge in [-0.25, -0.2) is 0 Å². The number of para-hydroxylation sites is 1. The topological polar surface area (TPSA) is 85.8 Å². The maximum Gasteiger partial charge on any atom is 0.418 e. The minimum absolute atomic E-state index is 0.0436. The summed E-state index contributed by atoms with van der Waals surface area (Å²) in [4.78, 5) is 12.6. The lowest BCUT2D eigenvalue weighted by atomic mass is 10.1. The molecule has 1 unspecified atom stereocenters. The van der Waals surface area contributed by atoms with E-state index in [9.17, 15) is 18.0 Å². The molecule has 1 aromatic carbocycles. The van der Waals surface area contributed by atoms with Crippen molar-refractivity contribution in [1.29, 1.82) is 0 Å². The number of nitrogen functional groups attached to an aromatic ring is 1. The van der Waals surface area contributed by atoms with Gasteiger partial charge in [0.05, 0.1) is 11.3 Å². The zero-order chi connectivity index (χ0) is 18.6. The maximum atomic E-state index is 13.1. The van der Waals surface area contributed by atoms with E-state index in [2.05, 4.69) is 15.5 Å². The van der Waals surface area contributed by atoms with Crippen LogP contribution in [0.2, 0.25) is 0 Å². The molecule has 0 saturated heterocycles. The number of anilines is 2. The second-order valence-electron chi connectivity index (χ2n) is 5.10. The summed E-state index contributed by atoms with van der Waals surface area (Å²) in [5.41, 5.74) is 4.59. The van der Waals surface area contributed by atoms with Crippen molar-refractivity contribution < 1.29 is 18.0 Å². The molecule has 0 fully saturated rings. The standard InChI is InChI=1S/C15H18F3N5OS/c1-3-11(23-13(19)21-22-14(23)25-4-2)12(24)20-10-8-6-5-7-9(10)15(16,17)18/h5-8,11H,3-4H2,1-2H3,(H2,19,21)(H,20,24). The highest BCUT2D eigenvalue weighted by Gasteiger charge is 2.34. The van der Waals surface area contributed by atoms with Crippen LogP contribution in [-0.2, 0) is 11.0 Å². The van der Waals surface area contributed by atoms with Gasteiger partial charge in [-0.3, -0.25) is 9.36 Å². The van der Waals surface area contributed by atoms with Crippen LogP contribution in [0.5, 0.6) is 0 Å². The number of nitrogens with zero attached hydrogens (tertiary/aromatic N) is 3. The van der Waals surface area contributed by atoms with Crippen molar-refractivity contribution in [1.82, 2.24) is 14.8 Å². The van der Waals surface area contributed by atoms with Gasteiger partial charge in [0.15, 0.2) is 5.16 Å². The molecule has 10 heteroatoms. The van der Waals surface area contributed by atoms with Gasteiger partial charge in [0.2, 0.25) is 11.9 Å². The number of rotatable bonds is 6. The van der Waals surface area contributed by atoms with E-state index < -0.39 is 23.7 Å². The first-order valence-corrected chi connectivity index (χ1v) is 8.58. The number of aromatic nitrogens is 3. The van der Waals surface area contributed by atoms with E-state index in [-0.39, 0.29) is 11.6 Å². The Morgan fingerprint density at radius 2 is 2.00 bits per heavy atom. The molecular formula is C15H18F3N5OS. The number of halogens is 3. The zero-order valence-electron chi connectivity index (χ0n) is 13.7. The summed E-state index contributed by atoms with van der Waals surface area (Å²) in [6, 6.07) is 4.01. The van der Waals surface area contributed by atoms with Crippen LogP contribution >= 0.6 is 11.8 Å². The van der Waals surface area contributed by atoms with Crippen molar-refractivity contribution in [2.75, 3.05) is 16.8 Å². The fraction of sp³-hybridized carbons (Fsp3) is 0.400. The predicted molar refractivity (Wildman–Crippen MR) is 90.2 cm³/mol. The number of carbonyl (C=O) groups excluding carboxylic acids is 1. The predicted octanol–water partition coefficient (Wildman–Crippen LogP) is 3.58. The molecule has 0 bridgehead atoms. The van der Waals surface area contributed by atoms with Gasteiger partial charge in [-0.15, -0.1) is 10.2 Å². The third-order valence-electron chi connectivity index (χ3n) is 3.46. The first kappa shape index (κ1) is 19.1. The van der Waals surface area contributed by atoms with E-state index in [1.54, 1.807) is 6.92 Å². The SMILES string of the molecule is CCSc1nnc(N)n1C(CC)C(=O)Nc1ccccc1C(F)(F)F. The monoisotopic (exact) mass is 373 g/mol. The Balaban J connectivity index is 2.33. The summed E-state index contributed by atoms with van der Waals surface area (Å²) in [7, 11) is 0. The van der Waals surface area contributed by atoms with E-state index >= 15 is 0 Å². The van der Waals surface area contributed by atoms with Crippen LogP contribution in [-0.4, -0.2) is 26.4 Å². The minimum Gasteiger partial charge on any atom is -0.368 e. The quantitative estimate of drug-likeness (QED) is 0.756. The molecule has 0 saturated carbocycles. The molecule has 0 aliphatic heterocycles. The van der Waals surface area contributed by atoms with Crippen molar-refractivity contribution in [3.8, 4) is 0 Å². The second kappa shape index (κ2) is 7.77. The normalized spacial score (nSPS) is 12.8. The molecule has 6 nitrogen and oxygen atoms in total. The number of carbonyl (C=O) groups is 1. The lowest BCUT2D eigenvalue weighted by Gasteiger charge is -2.20. The molecule has 25 heavy (non-hydrogen) atoms. The highest BCUT2D eigenvalue weighted by Crippen LogP contribution is 2.35. The molecule has 2 aromatic rings. The smallest absolute Gasteiger partial charge is 0.368 e. The maximum absolute atomic E-state index is 13.1. The lowest BCUT2D eigenvalue weighted by Crippen LogP contribution is -2.28. The van der Waals surface area contributed by atoms with Crippen LogP contribution in [0.3, 0.4) is 0 Å². The number of hydrogen-bond donors (Lipinski definition) is 2. The Morgan fingerprint density at radius 1 is 1.32 bits per heavy atom. The molecule has 136 valence electrons. The molecule has 2 rings (SSSR count). The molecule has 0 aliphatic carbocycles. The Morgan fingerprint density at radius 3 is 2.60 bits per heavy atom. The number of hydrogen-bond acceptors (Lipinski definition) is 5. The molecule has 1 atom stereocenters. The summed E-state index contributed by atoms with van der Waals surface area (Å²) >= 11 is 1.35. The average Bonchev–Trinajstić information content (AvgIpc) is 2.89. The highest BCUT2D eigenvalue weighted by atomic mass is 32.2. The van der Waals surface area contributed by atoms with E-state index in [1.807, 2.05) is 6.92 Å². The first-order valence-electron chi connectivity index (χ1n) is 7.59. The number of alkyl halides is 3. The van der Waals surface area contributed by atoms with Crippen molar-refractivity contribution >= 4 is 29.3 Å². The lowest BCUT2D eigenvalue weighted by molar-refractivity contribution is -0.137. The van der Waals surface area contributed by atoms with E-state index in [4.69, 9.17) is 5.73 Å². The molecule has 3 N–H and O–H groups in total. The van der Waals surface area contributed by atoms with Crippen LogP contribution < -0.4 is 11.1 Å². The van der Waals surface area contributed by atoms with E-state index in [0.717, 1.165) is 6.07 Å². The number of nitrogens with two attached hydrogens (primary N) is 1. The van der Waals surface area contributed by atoms with Crippen LogP contribution in [0, 0.1) is 0 Å². The summed E-state index contributed by atoms with van der Waals surface area (Å²) in [6.45, 7) is 3.64. The second-order valence-corrected chi connectivity index (χ2v) is 6.33. The summed E-state index contributed by atoms with van der Waals surface area (Å²) < 4.78 is 40.7. The Hall–Kier alpha value is -2.23. The molecule has 1 amide bonds. The van der Waals surface area contributed by atoms with Crippen LogP contribution in [0.4, 0.5) is 24.8 Å². The van der Waals surface area contributed by atoms with Gasteiger partial charge in [0, 0.05) is 0 Å². The van der Waals surface area contributed by atoms with E-state index in [0.29, 0.717) is 17.3 Å². The van der Waals surface area contributed by atoms with Gasteiger partial charge < -0.3 is 11.1 Å². The Bertz CT molecular complexity index is 747. The van der Waals surface area contributed by atoms with Crippen molar-refractivity contribution in [2.45, 2.75) is 37.6 Å². The van der Waals surface area contributed by atoms with Gasteiger partial charge in [-0.05, 0) is 24.3 Å². The van der Waals surface area contributed by atoms with Crippen molar-refractivity contribution in [3.05, 3.63) is 29.8 Å². The van der Waals surface area contributed by atoms with E-state index in [1.165, 1.54) is 34.5 Å². The third-order valence-corrected chi connectivity index (χ3v) is 4.28. The van der Waals surface area contributed by atoms with Gasteiger partial charge >= 0.3 is 6.18 Å². The summed E-state index contributed by atoms with van der Waals surface area (Å²) in [5, 5.41) is 10.5. The van der Waals surface area contributed by atoms with Crippen LogP contribution in [0.1, 0.15) is 31.9 Å². The Labute approximate surface area is 147 Å². The molecule has 1 heterocycles. The Kier molecular flexibility index (Phi) is 5.93. The molecule has 1 aromatic heterocycles. The highest BCUT2D eigenvalue weighted by molar-refractivity contribution is 7.99. The number of amides is 1.